The van der Waals surface area contributed by atoms with Crippen molar-refractivity contribution < 1.29 is 4.79 Å². The Morgan fingerprint density at radius 2 is 1.85 bits per heavy atom. The average Bonchev–Trinajstić information content (AvgIpc) is 2.48. The molecule has 0 aromatic carbocycles. The Morgan fingerprint density at radius 3 is 2.45 bits per heavy atom. The van der Waals surface area contributed by atoms with Gasteiger partial charge in [0.15, 0.2) is 0 Å². The second kappa shape index (κ2) is 7.87. The number of urea groups is 1. The SMILES string of the molecule is CCCN(CC1CCNCC1)C(=O)N1CCC(C)CC1. The summed E-state index contributed by atoms with van der Waals surface area (Å²) in [6, 6.07) is 0.289. The fourth-order valence-corrected chi connectivity index (χ4v) is 3.31. The fourth-order valence-electron chi connectivity index (χ4n) is 3.31. The van der Waals surface area contributed by atoms with E-state index in [1.54, 1.807) is 0 Å². The Morgan fingerprint density at radius 1 is 1.20 bits per heavy atom. The molecule has 0 saturated carbocycles. The average molecular weight is 281 g/mol. The van der Waals surface area contributed by atoms with Crippen molar-refractivity contribution in [3.8, 4) is 0 Å². The Bertz CT molecular complexity index is 294. The molecule has 20 heavy (non-hydrogen) atoms. The maximum absolute atomic E-state index is 12.7. The lowest BCUT2D eigenvalue weighted by molar-refractivity contribution is 0.124. The summed E-state index contributed by atoms with van der Waals surface area (Å²) in [4.78, 5) is 16.9. The summed E-state index contributed by atoms with van der Waals surface area (Å²) < 4.78 is 0. The summed E-state index contributed by atoms with van der Waals surface area (Å²) in [6.07, 6.45) is 5.81. The van der Waals surface area contributed by atoms with Gasteiger partial charge in [0.2, 0.25) is 0 Å². The Labute approximate surface area is 123 Å². The van der Waals surface area contributed by atoms with Crippen molar-refractivity contribution in [3.05, 3.63) is 0 Å². The van der Waals surface area contributed by atoms with Crippen LogP contribution in [0, 0.1) is 11.8 Å². The third-order valence-electron chi connectivity index (χ3n) is 4.76. The van der Waals surface area contributed by atoms with Crippen LogP contribution in [0.15, 0.2) is 0 Å². The van der Waals surface area contributed by atoms with Crippen LogP contribution in [-0.4, -0.2) is 55.1 Å². The Kier molecular flexibility index (Phi) is 6.14. The van der Waals surface area contributed by atoms with Crippen molar-refractivity contribution in [3.63, 3.8) is 0 Å². The number of carbonyl (C=O) groups excluding carboxylic acids is 1. The Hall–Kier alpha value is -0.770. The molecule has 2 saturated heterocycles. The van der Waals surface area contributed by atoms with Crippen LogP contribution in [0.1, 0.15) is 46.0 Å². The van der Waals surface area contributed by atoms with E-state index in [-0.39, 0.29) is 6.03 Å². The van der Waals surface area contributed by atoms with Gasteiger partial charge in [0.05, 0.1) is 0 Å². The first-order valence-corrected chi connectivity index (χ1v) is 8.45. The van der Waals surface area contributed by atoms with Crippen LogP contribution >= 0.6 is 0 Å². The number of amides is 2. The summed E-state index contributed by atoms with van der Waals surface area (Å²) >= 11 is 0. The highest BCUT2D eigenvalue weighted by Gasteiger charge is 2.26. The quantitative estimate of drug-likeness (QED) is 0.859. The molecule has 116 valence electrons. The largest absolute Gasteiger partial charge is 0.325 e. The van der Waals surface area contributed by atoms with Crippen LogP contribution in [0.2, 0.25) is 0 Å². The number of piperidine rings is 2. The van der Waals surface area contributed by atoms with Crippen LogP contribution in [0.3, 0.4) is 0 Å². The van der Waals surface area contributed by atoms with E-state index in [0.29, 0.717) is 5.92 Å². The maximum atomic E-state index is 12.7. The van der Waals surface area contributed by atoms with Gasteiger partial charge >= 0.3 is 6.03 Å². The van der Waals surface area contributed by atoms with Gasteiger partial charge in [0.25, 0.3) is 0 Å². The van der Waals surface area contributed by atoms with Gasteiger partial charge in [-0.1, -0.05) is 13.8 Å². The van der Waals surface area contributed by atoms with E-state index in [1.807, 2.05) is 0 Å². The van der Waals surface area contributed by atoms with Crippen LogP contribution in [0.4, 0.5) is 4.79 Å². The minimum absolute atomic E-state index is 0.289. The van der Waals surface area contributed by atoms with Gasteiger partial charge in [0.1, 0.15) is 0 Å². The summed E-state index contributed by atoms with van der Waals surface area (Å²) in [5.74, 6) is 1.47. The van der Waals surface area contributed by atoms with Crippen LogP contribution in [0.5, 0.6) is 0 Å². The van der Waals surface area contributed by atoms with E-state index in [1.165, 1.54) is 25.7 Å². The van der Waals surface area contributed by atoms with Crippen LogP contribution < -0.4 is 5.32 Å². The Balaban J connectivity index is 1.87. The molecule has 2 heterocycles. The number of carbonyl (C=O) groups is 1. The van der Waals surface area contributed by atoms with Gasteiger partial charge in [-0.05, 0) is 57.0 Å². The monoisotopic (exact) mass is 281 g/mol. The van der Waals surface area contributed by atoms with Gasteiger partial charge in [-0.2, -0.15) is 0 Å². The van der Waals surface area contributed by atoms with Gasteiger partial charge in [0, 0.05) is 26.2 Å². The number of hydrogen-bond donors (Lipinski definition) is 1. The minimum atomic E-state index is 0.289. The van der Waals surface area contributed by atoms with Crippen molar-refractivity contribution in [1.82, 2.24) is 15.1 Å². The molecule has 0 aromatic rings. The van der Waals surface area contributed by atoms with Gasteiger partial charge < -0.3 is 15.1 Å². The molecule has 2 fully saturated rings. The molecule has 2 aliphatic rings. The van der Waals surface area contributed by atoms with Gasteiger partial charge in [-0.15, -0.1) is 0 Å². The number of hydrogen-bond acceptors (Lipinski definition) is 2. The van der Waals surface area contributed by atoms with E-state index < -0.39 is 0 Å². The zero-order valence-corrected chi connectivity index (χ0v) is 13.2. The molecule has 0 aliphatic carbocycles. The smallest absolute Gasteiger partial charge is 0.320 e. The predicted octanol–water partition coefficient (Wildman–Crippen LogP) is 2.55. The van der Waals surface area contributed by atoms with Crippen molar-refractivity contribution in [2.45, 2.75) is 46.0 Å². The summed E-state index contributed by atoms with van der Waals surface area (Å²) in [5.41, 5.74) is 0. The molecule has 4 nitrogen and oxygen atoms in total. The molecule has 0 atom stereocenters. The first-order valence-electron chi connectivity index (χ1n) is 8.45. The van der Waals surface area contributed by atoms with Crippen molar-refractivity contribution in [2.75, 3.05) is 39.3 Å². The van der Waals surface area contributed by atoms with E-state index >= 15 is 0 Å². The highest BCUT2D eigenvalue weighted by atomic mass is 16.2. The predicted molar refractivity (Wildman–Crippen MR) is 82.8 cm³/mol. The van der Waals surface area contributed by atoms with Crippen molar-refractivity contribution >= 4 is 6.03 Å². The molecule has 0 radical (unpaired) electrons. The van der Waals surface area contributed by atoms with Gasteiger partial charge in [-0.3, -0.25) is 0 Å². The molecule has 0 aromatic heterocycles. The fraction of sp³-hybridized carbons (Fsp3) is 0.938. The molecule has 0 unspecified atom stereocenters. The van der Waals surface area contributed by atoms with E-state index in [2.05, 4.69) is 29.0 Å². The number of rotatable bonds is 4. The molecule has 4 heteroatoms. The number of nitrogens with one attached hydrogen (secondary N) is 1. The molecule has 2 amide bonds. The lowest BCUT2D eigenvalue weighted by Crippen LogP contribution is -2.49. The van der Waals surface area contributed by atoms with E-state index in [9.17, 15) is 4.79 Å². The topological polar surface area (TPSA) is 35.6 Å². The second-order valence-electron chi connectivity index (χ2n) is 6.59. The summed E-state index contributed by atoms with van der Waals surface area (Å²) in [6.45, 7) is 10.5. The standard InChI is InChI=1S/C16H31N3O/c1-3-10-19(13-15-4-8-17-9-5-15)16(20)18-11-6-14(2)7-12-18/h14-15,17H,3-13H2,1-2H3. The number of likely N-dealkylation sites (tertiary alicyclic amines) is 1. The molecule has 1 N–H and O–H groups in total. The molecular weight excluding hydrogens is 250 g/mol. The first-order chi connectivity index (χ1) is 9.70. The highest BCUT2D eigenvalue weighted by molar-refractivity contribution is 5.74. The van der Waals surface area contributed by atoms with E-state index in [4.69, 9.17) is 0 Å². The third-order valence-corrected chi connectivity index (χ3v) is 4.76. The maximum Gasteiger partial charge on any atom is 0.320 e. The lowest BCUT2D eigenvalue weighted by atomic mass is 9.97. The zero-order chi connectivity index (χ0) is 14.4. The first kappa shape index (κ1) is 15.6. The van der Waals surface area contributed by atoms with Gasteiger partial charge in [-0.25, -0.2) is 4.79 Å². The minimum Gasteiger partial charge on any atom is -0.325 e. The molecular formula is C16H31N3O. The number of nitrogens with zero attached hydrogens (tertiary/aromatic N) is 2. The molecule has 0 spiro atoms. The van der Waals surface area contributed by atoms with Crippen molar-refractivity contribution in [1.29, 1.82) is 0 Å². The molecule has 2 aliphatic heterocycles. The summed E-state index contributed by atoms with van der Waals surface area (Å²) in [7, 11) is 0. The third kappa shape index (κ3) is 4.37. The normalized spacial score (nSPS) is 22.0. The summed E-state index contributed by atoms with van der Waals surface area (Å²) in [5, 5.41) is 3.40. The van der Waals surface area contributed by atoms with Crippen LogP contribution in [0.25, 0.3) is 0 Å². The lowest BCUT2D eigenvalue weighted by Gasteiger charge is -2.37. The van der Waals surface area contributed by atoms with E-state index in [0.717, 1.165) is 51.6 Å². The highest BCUT2D eigenvalue weighted by Crippen LogP contribution is 2.19. The van der Waals surface area contributed by atoms with Crippen LogP contribution in [-0.2, 0) is 0 Å². The second-order valence-corrected chi connectivity index (χ2v) is 6.59. The van der Waals surface area contributed by atoms with Crippen molar-refractivity contribution in [2.24, 2.45) is 11.8 Å². The zero-order valence-electron chi connectivity index (χ0n) is 13.2. The molecule has 0 bridgehead atoms. The molecule has 2 rings (SSSR count).